The van der Waals surface area contributed by atoms with Crippen LogP contribution in [-0.2, 0) is 4.74 Å². The summed E-state index contributed by atoms with van der Waals surface area (Å²) in [7, 11) is 1.70. The number of ether oxygens (including phenoxy) is 1. The molecule has 14 heavy (non-hydrogen) atoms. The third-order valence-corrected chi connectivity index (χ3v) is 2.61. The van der Waals surface area contributed by atoms with Crippen LogP contribution < -0.4 is 0 Å². The van der Waals surface area contributed by atoms with E-state index >= 15 is 0 Å². The zero-order chi connectivity index (χ0) is 10.7. The molecule has 0 bridgehead atoms. The van der Waals surface area contributed by atoms with Gasteiger partial charge >= 0.3 is 0 Å². The van der Waals surface area contributed by atoms with Crippen molar-refractivity contribution < 1.29 is 4.74 Å². The minimum Gasteiger partial charge on any atom is -0.383 e. The number of aromatic amines is 1. The summed E-state index contributed by atoms with van der Waals surface area (Å²) in [5.41, 5.74) is 0. The minimum absolute atomic E-state index is 0.256. The van der Waals surface area contributed by atoms with Gasteiger partial charge in [-0.3, -0.25) is 9.67 Å². The summed E-state index contributed by atoms with van der Waals surface area (Å²) in [4.78, 5) is 0. The van der Waals surface area contributed by atoms with Crippen LogP contribution in [0.3, 0.4) is 0 Å². The quantitative estimate of drug-likeness (QED) is 0.782. The third kappa shape index (κ3) is 2.22. The molecule has 0 saturated heterocycles. The first-order chi connectivity index (χ1) is 6.57. The Morgan fingerprint density at radius 2 is 2.21 bits per heavy atom. The molecule has 1 N–H and O–H groups in total. The molecule has 0 aliphatic carbocycles. The molecule has 1 atom stereocenters. The van der Waals surface area contributed by atoms with Crippen LogP contribution in [0.5, 0.6) is 0 Å². The highest BCUT2D eigenvalue weighted by Crippen LogP contribution is 2.19. The molecule has 0 fully saturated rings. The van der Waals surface area contributed by atoms with Crippen LogP contribution in [0.15, 0.2) is 0 Å². The molecular formula is C9H17N3OS. The maximum absolute atomic E-state index is 5.19. The summed E-state index contributed by atoms with van der Waals surface area (Å²) in [6.45, 7) is 6.90. The number of methoxy groups -OCH3 is 1. The van der Waals surface area contributed by atoms with E-state index in [1.807, 2.05) is 11.5 Å². The largest absolute Gasteiger partial charge is 0.383 e. The highest BCUT2D eigenvalue weighted by Gasteiger charge is 2.18. The van der Waals surface area contributed by atoms with Crippen molar-refractivity contribution in [1.29, 1.82) is 0 Å². The monoisotopic (exact) mass is 215 g/mol. The molecule has 80 valence electrons. The highest BCUT2D eigenvalue weighted by atomic mass is 32.1. The van der Waals surface area contributed by atoms with Crippen molar-refractivity contribution in [3.05, 3.63) is 10.6 Å². The van der Waals surface area contributed by atoms with E-state index in [2.05, 4.69) is 24.0 Å². The van der Waals surface area contributed by atoms with E-state index in [1.165, 1.54) is 0 Å². The average Bonchev–Trinajstić information content (AvgIpc) is 2.43. The molecule has 0 radical (unpaired) electrons. The number of aryl methyl sites for hydroxylation is 1. The fourth-order valence-corrected chi connectivity index (χ4v) is 1.82. The SMILES string of the molecule is COCC(C(C)C)n1c(C)n[nH]c1=S. The van der Waals surface area contributed by atoms with Crippen molar-refractivity contribution in [3.63, 3.8) is 0 Å². The fraction of sp³-hybridized carbons (Fsp3) is 0.778. The summed E-state index contributed by atoms with van der Waals surface area (Å²) < 4.78 is 7.87. The molecule has 1 rings (SSSR count). The number of H-pyrrole nitrogens is 1. The lowest BCUT2D eigenvalue weighted by Crippen LogP contribution is -2.21. The lowest BCUT2D eigenvalue weighted by atomic mass is 10.1. The lowest BCUT2D eigenvalue weighted by Gasteiger charge is -2.22. The summed E-state index contributed by atoms with van der Waals surface area (Å²) in [6, 6.07) is 0.256. The number of hydrogen-bond donors (Lipinski definition) is 1. The summed E-state index contributed by atoms with van der Waals surface area (Å²) >= 11 is 5.17. The van der Waals surface area contributed by atoms with Gasteiger partial charge in [0.2, 0.25) is 0 Å². The maximum atomic E-state index is 5.19. The minimum atomic E-state index is 0.256. The Bertz CT molecular complexity index is 342. The molecule has 1 heterocycles. The fourth-order valence-electron chi connectivity index (χ4n) is 1.51. The Kier molecular flexibility index (Phi) is 3.83. The molecular weight excluding hydrogens is 198 g/mol. The van der Waals surface area contributed by atoms with Crippen LogP contribution in [0.4, 0.5) is 0 Å². The van der Waals surface area contributed by atoms with Gasteiger partial charge in [-0.25, -0.2) is 0 Å². The van der Waals surface area contributed by atoms with E-state index in [-0.39, 0.29) is 6.04 Å². The van der Waals surface area contributed by atoms with E-state index in [0.717, 1.165) is 5.82 Å². The van der Waals surface area contributed by atoms with E-state index in [1.54, 1.807) is 7.11 Å². The Balaban J connectivity index is 3.04. The van der Waals surface area contributed by atoms with Crippen molar-refractivity contribution in [1.82, 2.24) is 14.8 Å². The Hall–Kier alpha value is -0.680. The van der Waals surface area contributed by atoms with Gasteiger partial charge in [-0.05, 0) is 25.1 Å². The van der Waals surface area contributed by atoms with Crippen molar-refractivity contribution in [3.8, 4) is 0 Å². The topological polar surface area (TPSA) is 42.8 Å². The number of nitrogens with zero attached hydrogens (tertiary/aromatic N) is 2. The molecule has 5 heteroatoms. The predicted molar refractivity (Wildman–Crippen MR) is 57.9 cm³/mol. The molecule has 0 aromatic carbocycles. The zero-order valence-electron chi connectivity index (χ0n) is 9.07. The first kappa shape index (κ1) is 11.4. The second-order valence-electron chi connectivity index (χ2n) is 3.71. The number of aromatic nitrogens is 3. The average molecular weight is 215 g/mol. The smallest absolute Gasteiger partial charge is 0.195 e. The van der Waals surface area contributed by atoms with Crippen molar-refractivity contribution in [2.24, 2.45) is 5.92 Å². The Morgan fingerprint density at radius 3 is 2.57 bits per heavy atom. The van der Waals surface area contributed by atoms with Gasteiger partial charge in [0.25, 0.3) is 0 Å². The second kappa shape index (κ2) is 4.70. The zero-order valence-corrected chi connectivity index (χ0v) is 9.89. The highest BCUT2D eigenvalue weighted by molar-refractivity contribution is 7.71. The van der Waals surface area contributed by atoms with Crippen molar-refractivity contribution in [2.45, 2.75) is 26.8 Å². The Labute approximate surface area is 89.3 Å². The van der Waals surface area contributed by atoms with Gasteiger partial charge in [-0.1, -0.05) is 13.8 Å². The van der Waals surface area contributed by atoms with Gasteiger partial charge in [0.05, 0.1) is 12.6 Å². The molecule has 1 aromatic heterocycles. The third-order valence-electron chi connectivity index (χ3n) is 2.32. The van der Waals surface area contributed by atoms with Gasteiger partial charge < -0.3 is 4.74 Å². The molecule has 1 aromatic rings. The van der Waals surface area contributed by atoms with Crippen LogP contribution in [0.1, 0.15) is 25.7 Å². The van der Waals surface area contributed by atoms with Gasteiger partial charge in [0.15, 0.2) is 4.77 Å². The van der Waals surface area contributed by atoms with Crippen LogP contribution >= 0.6 is 12.2 Å². The van der Waals surface area contributed by atoms with E-state index < -0.39 is 0 Å². The summed E-state index contributed by atoms with van der Waals surface area (Å²) in [5.74, 6) is 1.38. The standard InChI is InChI=1S/C9H17N3OS/c1-6(2)8(5-13-4)12-7(3)10-11-9(12)14/h6,8H,5H2,1-4H3,(H,11,14). The van der Waals surface area contributed by atoms with Gasteiger partial charge in [0, 0.05) is 7.11 Å². The Morgan fingerprint density at radius 1 is 1.57 bits per heavy atom. The number of rotatable bonds is 4. The van der Waals surface area contributed by atoms with Gasteiger partial charge in [0.1, 0.15) is 5.82 Å². The molecule has 1 unspecified atom stereocenters. The van der Waals surface area contributed by atoms with Crippen LogP contribution in [0.25, 0.3) is 0 Å². The molecule has 0 aliphatic heterocycles. The summed E-state index contributed by atoms with van der Waals surface area (Å²) in [5, 5.41) is 6.88. The molecule has 0 aliphatic rings. The molecule has 0 amide bonds. The molecule has 4 nitrogen and oxygen atoms in total. The van der Waals surface area contributed by atoms with E-state index in [0.29, 0.717) is 17.3 Å². The first-order valence-electron chi connectivity index (χ1n) is 4.70. The summed E-state index contributed by atoms with van der Waals surface area (Å²) in [6.07, 6.45) is 0. The van der Waals surface area contributed by atoms with Crippen LogP contribution in [0.2, 0.25) is 0 Å². The maximum Gasteiger partial charge on any atom is 0.195 e. The van der Waals surface area contributed by atoms with Crippen molar-refractivity contribution >= 4 is 12.2 Å². The molecule has 0 saturated carbocycles. The first-order valence-corrected chi connectivity index (χ1v) is 5.11. The van der Waals surface area contributed by atoms with E-state index in [9.17, 15) is 0 Å². The number of hydrogen-bond acceptors (Lipinski definition) is 3. The van der Waals surface area contributed by atoms with Crippen LogP contribution in [-0.4, -0.2) is 28.5 Å². The van der Waals surface area contributed by atoms with Crippen molar-refractivity contribution in [2.75, 3.05) is 13.7 Å². The number of nitrogens with one attached hydrogen (secondary N) is 1. The normalized spacial score (nSPS) is 13.5. The lowest BCUT2D eigenvalue weighted by molar-refractivity contribution is 0.131. The van der Waals surface area contributed by atoms with Gasteiger partial charge in [-0.15, -0.1) is 0 Å². The predicted octanol–water partition coefficient (Wildman–Crippen LogP) is 2.09. The van der Waals surface area contributed by atoms with Crippen LogP contribution in [0, 0.1) is 17.6 Å². The van der Waals surface area contributed by atoms with E-state index in [4.69, 9.17) is 17.0 Å². The van der Waals surface area contributed by atoms with Gasteiger partial charge in [-0.2, -0.15) is 5.10 Å². The molecule has 0 spiro atoms. The second-order valence-corrected chi connectivity index (χ2v) is 4.10.